The van der Waals surface area contributed by atoms with Crippen molar-refractivity contribution < 1.29 is 13.9 Å². The minimum absolute atomic E-state index is 0.0519. The number of H-pyrrole nitrogens is 1. The van der Waals surface area contributed by atoms with E-state index in [4.69, 9.17) is 13.9 Å². The quantitative estimate of drug-likeness (QED) is 0.330. The van der Waals surface area contributed by atoms with E-state index in [1.54, 1.807) is 7.11 Å². The van der Waals surface area contributed by atoms with Gasteiger partial charge in [-0.1, -0.05) is 54.5 Å². The maximum atomic E-state index is 7.04. The van der Waals surface area contributed by atoms with Gasteiger partial charge in [0.2, 0.25) is 0 Å². The van der Waals surface area contributed by atoms with E-state index in [2.05, 4.69) is 95.2 Å². The second-order valence-electron chi connectivity index (χ2n) is 10.7. The molecular weight excluding hydrogens is 440 g/mol. The molecule has 3 rings (SSSR count). The van der Waals surface area contributed by atoms with E-state index in [1.165, 1.54) is 5.70 Å². The van der Waals surface area contributed by atoms with Crippen molar-refractivity contribution in [1.82, 2.24) is 10.3 Å². The molecule has 2 aromatic rings. The smallest absolute Gasteiger partial charge is 0.258 e. The summed E-state index contributed by atoms with van der Waals surface area (Å²) in [5.41, 5.74) is 5.87. The molecule has 0 bridgehead atoms. The van der Waals surface area contributed by atoms with E-state index in [9.17, 15) is 0 Å². The van der Waals surface area contributed by atoms with Crippen LogP contribution in [0.1, 0.15) is 61.1 Å². The molecule has 0 amide bonds. The van der Waals surface area contributed by atoms with E-state index in [-0.39, 0.29) is 6.10 Å². The highest BCUT2D eigenvalue weighted by Gasteiger charge is 2.47. The normalized spacial score (nSPS) is 17.3. The molecule has 1 aliphatic heterocycles. The first-order chi connectivity index (χ1) is 16.1. The fourth-order valence-electron chi connectivity index (χ4n) is 5.49. The summed E-state index contributed by atoms with van der Waals surface area (Å²) < 4.78 is 18.6. The van der Waals surface area contributed by atoms with Crippen LogP contribution in [0.15, 0.2) is 36.4 Å². The van der Waals surface area contributed by atoms with Gasteiger partial charge in [0.25, 0.3) is 8.32 Å². The average Bonchev–Trinajstić information content (AvgIpc) is 3.40. The Morgan fingerprint density at radius 3 is 2.09 bits per heavy atom. The highest BCUT2D eigenvalue weighted by molar-refractivity contribution is 6.78. The van der Waals surface area contributed by atoms with Gasteiger partial charge in [0.05, 0.1) is 18.0 Å². The fraction of sp³-hybridized carbons (Fsp3) is 0.571. The number of benzene rings is 1. The Balaban J connectivity index is 2.02. The summed E-state index contributed by atoms with van der Waals surface area (Å²) in [6.45, 7) is 19.7. The summed E-state index contributed by atoms with van der Waals surface area (Å²) in [7, 11) is -0.403. The highest BCUT2D eigenvalue weighted by Crippen LogP contribution is 2.44. The van der Waals surface area contributed by atoms with Gasteiger partial charge in [0.15, 0.2) is 0 Å². The SMILES string of the molecule is COC[C@H](C)Oc1cc(O[Si](C(C)C)(C(C)C)C(C)C)cc(-c2ccc(C3=C[C@@H](C)CN3)[nH]2)c1. The molecule has 0 spiro atoms. The van der Waals surface area contributed by atoms with Crippen LogP contribution >= 0.6 is 0 Å². The van der Waals surface area contributed by atoms with Crippen LogP contribution in [0.5, 0.6) is 11.5 Å². The second-order valence-corrected chi connectivity index (χ2v) is 16.1. The number of nitrogens with one attached hydrogen (secondary N) is 2. The number of rotatable bonds is 11. The van der Waals surface area contributed by atoms with Crippen LogP contribution in [0.25, 0.3) is 17.0 Å². The van der Waals surface area contributed by atoms with Crippen LogP contribution in [0.2, 0.25) is 16.6 Å². The number of hydrogen-bond acceptors (Lipinski definition) is 4. The summed E-state index contributed by atoms with van der Waals surface area (Å²) in [6.07, 6.45) is 2.23. The summed E-state index contributed by atoms with van der Waals surface area (Å²) in [4.78, 5) is 3.60. The van der Waals surface area contributed by atoms with Crippen molar-refractivity contribution in [3.05, 3.63) is 42.1 Å². The van der Waals surface area contributed by atoms with Gasteiger partial charge in [-0.3, -0.25) is 0 Å². The zero-order valence-electron chi connectivity index (χ0n) is 22.5. The van der Waals surface area contributed by atoms with Gasteiger partial charge < -0.3 is 24.2 Å². The van der Waals surface area contributed by atoms with Crippen LogP contribution in [0.4, 0.5) is 0 Å². The van der Waals surface area contributed by atoms with E-state index in [0.717, 1.165) is 35.0 Å². The Hall–Kier alpha value is -2.18. The lowest BCUT2D eigenvalue weighted by Crippen LogP contribution is -2.50. The van der Waals surface area contributed by atoms with Crippen LogP contribution in [-0.2, 0) is 4.74 Å². The summed E-state index contributed by atoms with van der Waals surface area (Å²) in [5.74, 6) is 2.24. The first-order valence-electron chi connectivity index (χ1n) is 12.7. The maximum Gasteiger partial charge on any atom is 0.258 e. The minimum Gasteiger partial charge on any atom is -0.543 e. The van der Waals surface area contributed by atoms with Gasteiger partial charge in [0, 0.05) is 31.0 Å². The van der Waals surface area contributed by atoms with E-state index in [0.29, 0.717) is 29.1 Å². The van der Waals surface area contributed by atoms with E-state index < -0.39 is 8.32 Å². The molecule has 0 unspecified atom stereocenters. The Labute approximate surface area is 207 Å². The molecule has 1 aromatic heterocycles. The molecule has 2 heterocycles. The second kappa shape index (κ2) is 11.0. The lowest BCUT2D eigenvalue weighted by Gasteiger charge is -2.42. The summed E-state index contributed by atoms with van der Waals surface area (Å²) in [5, 5.41) is 3.49. The largest absolute Gasteiger partial charge is 0.543 e. The van der Waals surface area contributed by atoms with Crippen molar-refractivity contribution in [3.8, 4) is 22.8 Å². The van der Waals surface area contributed by atoms with Gasteiger partial charge in [-0.05, 0) is 53.7 Å². The van der Waals surface area contributed by atoms with Crippen LogP contribution in [0, 0.1) is 5.92 Å². The predicted octanol–water partition coefficient (Wildman–Crippen LogP) is 7.23. The van der Waals surface area contributed by atoms with Crippen LogP contribution < -0.4 is 14.5 Å². The molecule has 0 radical (unpaired) electrons. The third-order valence-corrected chi connectivity index (χ3v) is 13.0. The first kappa shape index (κ1) is 26.4. The van der Waals surface area contributed by atoms with Crippen LogP contribution in [-0.4, -0.2) is 39.7 Å². The van der Waals surface area contributed by atoms with Crippen molar-refractivity contribution in [1.29, 1.82) is 0 Å². The number of ether oxygens (including phenoxy) is 2. The van der Waals surface area contributed by atoms with Crippen molar-refractivity contribution >= 4 is 14.0 Å². The molecule has 2 atom stereocenters. The molecular formula is C28H44N2O3Si. The van der Waals surface area contributed by atoms with Gasteiger partial charge in [-0.25, -0.2) is 0 Å². The molecule has 6 heteroatoms. The number of methoxy groups -OCH3 is 1. The molecule has 1 aromatic carbocycles. The molecule has 188 valence electrons. The Morgan fingerprint density at radius 1 is 0.912 bits per heavy atom. The van der Waals surface area contributed by atoms with Crippen molar-refractivity contribution in [2.75, 3.05) is 20.3 Å². The minimum atomic E-state index is -2.10. The average molecular weight is 485 g/mol. The standard InChI is InChI=1S/C28H44N2O3Si/c1-18(2)34(19(3)4,20(5)6)33-25-14-23(13-24(15-25)32-22(8)17-31-9)26-10-11-27(30-26)28-12-21(7)16-29-28/h10-15,18-22,29-30H,16-17H2,1-9H3/t21-,22+/m1/s1. The molecule has 0 fully saturated rings. The van der Waals surface area contributed by atoms with Gasteiger partial charge >= 0.3 is 0 Å². The monoisotopic (exact) mass is 484 g/mol. The number of aromatic nitrogens is 1. The Kier molecular flexibility index (Phi) is 8.58. The van der Waals surface area contributed by atoms with Gasteiger partial charge in [-0.2, -0.15) is 0 Å². The summed E-state index contributed by atoms with van der Waals surface area (Å²) in [6, 6.07) is 10.6. The number of hydrogen-bond donors (Lipinski definition) is 2. The number of aromatic amines is 1. The molecule has 2 N–H and O–H groups in total. The molecule has 5 nitrogen and oxygen atoms in total. The Bertz CT molecular complexity index is 958. The van der Waals surface area contributed by atoms with E-state index in [1.807, 2.05) is 6.92 Å². The van der Waals surface area contributed by atoms with Gasteiger partial charge in [0.1, 0.15) is 17.6 Å². The van der Waals surface area contributed by atoms with Crippen molar-refractivity contribution in [2.24, 2.45) is 5.92 Å². The third-order valence-electron chi connectivity index (χ3n) is 6.97. The zero-order chi connectivity index (χ0) is 25.0. The molecule has 1 aliphatic rings. The van der Waals surface area contributed by atoms with Crippen molar-refractivity contribution in [3.63, 3.8) is 0 Å². The summed E-state index contributed by atoms with van der Waals surface area (Å²) >= 11 is 0. The van der Waals surface area contributed by atoms with Crippen LogP contribution in [0.3, 0.4) is 0 Å². The van der Waals surface area contributed by atoms with E-state index >= 15 is 0 Å². The maximum absolute atomic E-state index is 7.04. The molecule has 0 aliphatic carbocycles. The van der Waals surface area contributed by atoms with Gasteiger partial charge in [-0.15, -0.1) is 0 Å². The zero-order valence-corrected chi connectivity index (χ0v) is 23.5. The molecule has 0 saturated carbocycles. The molecule has 34 heavy (non-hydrogen) atoms. The fourth-order valence-corrected chi connectivity index (χ4v) is 10.7. The topological polar surface area (TPSA) is 55.5 Å². The Morgan fingerprint density at radius 2 is 1.53 bits per heavy atom. The first-order valence-corrected chi connectivity index (χ1v) is 14.9. The predicted molar refractivity (Wildman–Crippen MR) is 145 cm³/mol. The van der Waals surface area contributed by atoms with Crippen molar-refractivity contribution in [2.45, 2.75) is 78.1 Å². The lowest BCUT2D eigenvalue weighted by atomic mass is 10.1. The third kappa shape index (κ3) is 5.72. The lowest BCUT2D eigenvalue weighted by molar-refractivity contribution is 0.0920. The molecule has 0 saturated heterocycles. The highest BCUT2D eigenvalue weighted by atomic mass is 28.4.